The topological polar surface area (TPSA) is 22.8 Å². The van der Waals surface area contributed by atoms with Gasteiger partial charge in [-0.25, -0.2) is 4.98 Å². The lowest BCUT2D eigenvalue weighted by molar-refractivity contribution is 1.08. The van der Waals surface area contributed by atoms with E-state index in [0.29, 0.717) is 0 Å². The van der Waals surface area contributed by atoms with Gasteiger partial charge in [0.05, 0.1) is 27.8 Å². The summed E-state index contributed by atoms with van der Waals surface area (Å²) >= 11 is 0. The quantitative estimate of drug-likeness (QED) is 0.158. The fourth-order valence-electron chi connectivity index (χ4n) is 9.35. The Balaban J connectivity index is 0.935. The zero-order valence-electron chi connectivity index (χ0n) is 33.9. The van der Waals surface area contributed by atoms with Gasteiger partial charge in [0.2, 0.25) is 0 Å². The lowest BCUT2D eigenvalue weighted by atomic mass is 9.95. The molecule has 0 aliphatic heterocycles. The molecule has 3 nitrogen and oxygen atoms in total. The molecule has 0 bridgehead atoms. The third-order valence-electron chi connectivity index (χ3n) is 12.3. The molecule has 0 radical (unpaired) electrons. The maximum Gasteiger partial charge on any atom is 0.138 e. The third-order valence-corrected chi connectivity index (χ3v) is 12.3. The maximum atomic E-state index is 5.33. The summed E-state index contributed by atoms with van der Waals surface area (Å²) in [5, 5.41) is 4.90. The van der Waals surface area contributed by atoms with Crippen LogP contribution in [0.3, 0.4) is 0 Å². The van der Waals surface area contributed by atoms with Crippen molar-refractivity contribution in [3.05, 3.63) is 237 Å². The zero-order chi connectivity index (χ0) is 41.0. The van der Waals surface area contributed by atoms with Crippen LogP contribution >= 0.6 is 0 Å². The molecule has 0 amide bonds. The molecule has 0 aliphatic carbocycles. The fourth-order valence-corrected chi connectivity index (χ4v) is 9.35. The second-order valence-corrected chi connectivity index (χ2v) is 16.0. The van der Waals surface area contributed by atoms with E-state index in [0.717, 1.165) is 39.2 Å². The lowest BCUT2D eigenvalue weighted by Gasteiger charge is -2.13. The molecule has 0 fully saturated rings. The number of aromatic nitrogens is 3. The highest BCUT2D eigenvalue weighted by atomic mass is 15.1. The van der Waals surface area contributed by atoms with E-state index in [1.807, 2.05) is 0 Å². The third kappa shape index (κ3) is 6.10. The molecule has 0 saturated carbocycles. The summed E-state index contributed by atoms with van der Waals surface area (Å²) in [5.41, 5.74) is 17.3. The van der Waals surface area contributed by atoms with E-state index in [4.69, 9.17) is 4.98 Å². The van der Waals surface area contributed by atoms with Crippen LogP contribution in [0.1, 0.15) is 0 Å². The summed E-state index contributed by atoms with van der Waals surface area (Å²) < 4.78 is 4.69. The van der Waals surface area contributed by atoms with Gasteiger partial charge in [-0.2, -0.15) is 0 Å². The van der Waals surface area contributed by atoms with Gasteiger partial charge in [0.25, 0.3) is 0 Å². The summed E-state index contributed by atoms with van der Waals surface area (Å²) in [5.74, 6) is 0.895. The highest BCUT2D eigenvalue weighted by Gasteiger charge is 2.18. The Labute approximate surface area is 360 Å². The Kier molecular flexibility index (Phi) is 8.50. The van der Waals surface area contributed by atoms with Crippen LogP contribution in [-0.4, -0.2) is 14.1 Å². The largest absolute Gasteiger partial charge is 0.309 e. The van der Waals surface area contributed by atoms with E-state index in [2.05, 4.69) is 246 Å². The van der Waals surface area contributed by atoms with Crippen LogP contribution in [0, 0.1) is 0 Å². The van der Waals surface area contributed by atoms with Gasteiger partial charge in [-0.3, -0.25) is 4.57 Å². The van der Waals surface area contributed by atoms with Crippen LogP contribution in [0.2, 0.25) is 0 Å². The molecule has 0 spiro atoms. The smallest absolute Gasteiger partial charge is 0.138 e. The van der Waals surface area contributed by atoms with Crippen molar-refractivity contribution in [3.8, 4) is 67.3 Å². The Morgan fingerprint density at radius 1 is 0.242 bits per heavy atom. The van der Waals surface area contributed by atoms with Gasteiger partial charge in [-0.05, 0) is 117 Å². The summed E-state index contributed by atoms with van der Waals surface area (Å²) in [6.45, 7) is 0. The number of fused-ring (bicyclic) bond motifs is 6. The number of rotatable bonds is 7. The van der Waals surface area contributed by atoms with Crippen LogP contribution in [0.5, 0.6) is 0 Å². The van der Waals surface area contributed by atoms with Crippen molar-refractivity contribution in [2.24, 2.45) is 0 Å². The standard InChI is InChI=1S/C59H39N3/c1-4-16-40(17-5-1)48-38-54(41-18-6-2-7-19-41)60-59(39-48)62-56-29-13-11-27-51(56)53-37-47(31-33-58(53)62)45-23-15-21-43(35-45)42-20-14-22-44(34-42)46-30-32-57-52(36-46)50-26-10-12-28-55(50)61(57)49-24-8-3-9-25-49/h1-39H. The molecule has 0 N–H and O–H groups in total. The Hall–Kier alpha value is -8.27. The SMILES string of the molecule is c1ccc(-c2cc(-c3ccccc3)nc(-n3c4ccccc4c4cc(-c5cccc(-c6cccc(-c7ccc8c(c7)c7ccccc7n8-c7ccccc7)c6)c5)ccc43)c2)cc1. The Morgan fingerprint density at radius 2 is 0.661 bits per heavy atom. The molecular weight excluding hydrogens is 751 g/mol. The predicted octanol–water partition coefficient (Wildman–Crippen LogP) is 15.6. The van der Waals surface area contributed by atoms with E-state index in [9.17, 15) is 0 Å². The van der Waals surface area contributed by atoms with Crippen LogP contribution in [0.4, 0.5) is 0 Å². The highest BCUT2D eigenvalue weighted by molar-refractivity contribution is 6.11. The van der Waals surface area contributed by atoms with Crippen molar-refractivity contribution in [2.75, 3.05) is 0 Å². The normalized spacial score (nSPS) is 11.5. The summed E-state index contributed by atoms with van der Waals surface area (Å²) in [7, 11) is 0. The second-order valence-electron chi connectivity index (χ2n) is 16.0. The predicted molar refractivity (Wildman–Crippen MR) is 260 cm³/mol. The Bertz CT molecular complexity index is 3560. The molecule has 0 atom stereocenters. The van der Waals surface area contributed by atoms with Gasteiger partial charge in [0.1, 0.15) is 5.82 Å². The maximum absolute atomic E-state index is 5.33. The molecule has 0 unspecified atom stereocenters. The molecule has 0 aliphatic rings. The minimum absolute atomic E-state index is 0.895. The van der Waals surface area contributed by atoms with Crippen molar-refractivity contribution < 1.29 is 0 Å². The van der Waals surface area contributed by atoms with Crippen LogP contribution < -0.4 is 0 Å². The number of para-hydroxylation sites is 3. The van der Waals surface area contributed by atoms with E-state index in [1.54, 1.807) is 0 Å². The summed E-state index contributed by atoms with van der Waals surface area (Å²) in [6, 6.07) is 85.2. The number of nitrogens with zero attached hydrogens (tertiary/aromatic N) is 3. The van der Waals surface area contributed by atoms with Crippen molar-refractivity contribution in [2.45, 2.75) is 0 Å². The zero-order valence-corrected chi connectivity index (χ0v) is 33.9. The highest BCUT2D eigenvalue weighted by Crippen LogP contribution is 2.39. The van der Waals surface area contributed by atoms with Gasteiger partial charge in [-0.1, -0.05) is 164 Å². The van der Waals surface area contributed by atoms with Crippen molar-refractivity contribution in [1.82, 2.24) is 14.1 Å². The average Bonchev–Trinajstić information content (AvgIpc) is 3.87. The molecule has 3 heteroatoms. The molecule has 12 rings (SSSR count). The van der Waals surface area contributed by atoms with Crippen molar-refractivity contribution in [3.63, 3.8) is 0 Å². The van der Waals surface area contributed by atoms with E-state index < -0.39 is 0 Å². The Morgan fingerprint density at radius 3 is 1.23 bits per heavy atom. The van der Waals surface area contributed by atoms with Crippen molar-refractivity contribution in [1.29, 1.82) is 0 Å². The van der Waals surface area contributed by atoms with Crippen molar-refractivity contribution >= 4 is 43.6 Å². The van der Waals surface area contributed by atoms with Crippen LogP contribution in [0.25, 0.3) is 111 Å². The fraction of sp³-hybridized carbons (Fsp3) is 0. The molecule has 290 valence electrons. The lowest BCUT2D eigenvalue weighted by Crippen LogP contribution is -2.00. The first kappa shape index (κ1) is 35.7. The molecule has 3 aromatic heterocycles. The molecule has 3 heterocycles. The average molecular weight is 790 g/mol. The molecule has 62 heavy (non-hydrogen) atoms. The van der Waals surface area contributed by atoms with E-state index in [-0.39, 0.29) is 0 Å². The van der Waals surface area contributed by atoms with Gasteiger partial charge < -0.3 is 4.57 Å². The van der Waals surface area contributed by atoms with Gasteiger partial charge >= 0.3 is 0 Å². The number of benzene rings is 9. The van der Waals surface area contributed by atoms with Crippen LogP contribution in [0.15, 0.2) is 237 Å². The van der Waals surface area contributed by atoms with E-state index >= 15 is 0 Å². The first-order valence-corrected chi connectivity index (χ1v) is 21.2. The first-order valence-electron chi connectivity index (χ1n) is 21.2. The van der Waals surface area contributed by atoms with Gasteiger partial charge in [0, 0.05) is 32.8 Å². The molecule has 9 aromatic carbocycles. The number of pyridine rings is 1. The first-order chi connectivity index (χ1) is 30.7. The van der Waals surface area contributed by atoms with Crippen LogP contribution in [-0.2, 0) is 0 Å². The molecular formula is C59H39N3. The van der Waals surface area contributed by atoms with Gasteiger partial charge in [-0.15, -0.1) is 0 Å². The monoisotopic (exact) mass is 789 g/mol. The molecule has 0 saturated heterocycles. The van der Waals surface area contributed by atoms with Gasteiger partial charge in [0.15, 0.2) is 0 Å². The minimum atomic E-state index is 0.895. The summed E-state index contributed by atoms with van der Waals surface area (Å²) in [6.07, 6.45) is 0. The van der Waals surface area contributed by atoms with E-state index in [1.165, 1.54) is 71.6 Å². The number of hydrogen-bond donors (Lipinski definition) is 0. The number of hydrogen-bond acceptors (Lipinski definition) is 1. The second kappa shape index (κ2) is 14.8. The summed E-state index contributed by atoms with van der Waals surface area (Å²) in [4.78, 5) is 5.33. The molecule has 12 aromatic rings. The minimum Gasteiger partial charge on any atom is -0.309 e.